The largest absolute Gasteiger partial charge is 0.486 e. The summed E-state index contributed by atoms with van der Waals surface area (Å²) in [6, 6.07) is 14.4. The third kappa shape index (κ3) is 4.22. The molecular weight excluding hydrogens is 330 g/mol. The lowest BCUT2D eigenvalue weighted by Gasteiger charge is -2.35. The molecule has 2 aromatic rings. The van der Waals surface area contributed by atoms with Crippen molar-refractivity contribution in [2.45, 2.75) is 54.5 Å². The van der Waals surface area contributed by atoms with E-state index in [2.05, 4.69) is 31.3 Å². The lowest BCUT2D eigenvalue weighted by molar-refractivity contribution is 0.0486. The van der Waals surface area contributed by atoms with Gasteiger partial charge in [-0.3, -0.25) is 0 Å². The van der Waals surface area contributed by atoms with Gasteiger partial charge in [0.05, 0.1) is 11.4 Å². The van der Waals surface area contributed by atoms with Gasteiger partial charge in [0, 0.05) is 15.8 Å². The van der Waals surface area contributed by atoms with Crippen LogP contribution in [0.1, 0.15) is 33.1 Å². The van der Waals surface area contributed by atoms with E-state index in [0.717, 1.165) is 28.5 Å². The highest BCUT2D eigenvalue weighted by Crippen LogP contribution is 2.34. The summed E-state index contributed by atoms with van der Waals surface area (Å²) in [4.78, 5) is 2.19. The van der Waals surface area contributed by atoms with Crippen LogP contribution in [0.3, 0.4) is 0 Å². The Balaban J connectivity index is 1.75. The fraction of sp³-hybridized carbons (Fsp3) is 0.400. The van der Waals surface area contributed by atoms with Crippen LogP contribution in [-0.2, 0) is 0 Å². The molecular formula is C20H27N3OS. The molecule has 0 spiro atoms. The van der Waals surface area contributed by atoms with E-state index in [1.165, 1.54) is 12.8 Å². The summed E-state index contributed by atoms with van der Waals surface area (Å²) in [5.74, 6) is 0.909. The summed E-state index contributed by atoms with van der Waals surface area (Å²) in [7, 11) is 0. The van der Waals surface area contributed by atoms with Crippen LogP contribution < -0.4 is 21.5 Å². The highest BCUT2D eigenvalue weighted by atomic mass is 32.2. The summed E-state index contributed by atoms with van der Waals surface area (Å²) >= 11 is 1.66. The molecule has 134 valence electrons. The molecule has 0 saturated carbocycles. The van der Waals surface area contributed by atoms with Crippen LogP contribution in [0.2, 0.25) is 0 Å². The van der Waals surface area contributed by atoms with Crippen molar-refractivity contribution in [3.05, 3.63) is 42.5 Å². The Kier molecular flexibility index (Phi) is 5.45. The van der Waals surface area contributed by atoms with Gasteiger partial charge in [0.25, 0.3) is 0 Å². The van der Waals surface area contributed by atoms with Crippen molar-refractivity contribution in [3.8, 4) is 5.75 Å². The Morgan fingerprint density at radius 3 is 2.64 bits per heavy atom. The Morgan fingerprint density at radius 2 is 1.96 bits per heavy atom. The molecule has 0 bridgehead atoms. The first kappa shape index (κ1) is 18.0. The molecule has 5 N–H and O–H groups in total. The lowest BCUT2D eigenvalue weighted by atomic mass is 9.92. The van der Waals surface area contributed by atoms with Crippen molar-refractivity contribution in [2.24, 2.45) is 0 Å². The second-order valence-corrected chi connectivity index (χ2v) is 7.93. The minimum Gasteiger partial charge on any atom is -0.486 e. The van der Waals surface area contributed by atoms with E-state index >= 15 is 0 Å². The van der Waals surface area contributed by atoms with Crippen molar-refractivity contribution < 1.29 is 4.74 Å². The van der Waals surface area contributed by atoms with E-state index in [1.54, 1.807) is 11.8 Å². The average molecular weight is 358 g/mol. The van der Waals surface area contributed by atoms with Crippen molar-refractivity contribution in [1.29, 1.82) is 0 Å². The van der Waals surface area contributed by atoms with Gasteiger partial charge < -0.3 is 21.5 Å². The summed E-state index contributed by atoms with van der Waals surface area (Å²) in [5.41, 5.74) is 12.7. The average Bonchev–Trinajstić information content (AvgIpc) is 3.14. The number of benzene rings is 2. The summed E-state index contributed by atoms with van der Waals surface area (Å²) < 4.78 is 6.44. The van der Waals surface area contributed by atoms with Gasteiger partial charge in [0.2, 0.25) is 0 Å². The summed E-state index contributed by atoms with van der Waals surface area (Å²) in [6.45, 7) is 5.48. The molecule has 1 heterocycles. The molecule has 1 saturated heterocycles. The first-order valence-electron chi connectivity index (χ1n) is 8.85. The molecule has 2 aromatic carbocycles. The second kappa shape index (κ2) is 7.58. The molecule has 3 rings (SSSR count). The zero-order valence-corrected chi connectivity index (χ0v) is 15.7. The fourth-order valence-electron chi connectivity index (χ4n) is 3.22. The van der Waals surface area contributed by atoms with Crippen LogP contribution in [0.5, 0.6) is 5.75 Å². The van der Waals surface area contributed by atoms with E-state index in [4.69, 9.17) is 16.2 Å². The van der Waals surface area contributed by atoms with Gasteiger partial charge in [-0.05, 0) is 69.1 Å². The number of hydrogen-bond donors (Lipinski definition) is 3. The molecule has 0 aromatic heterocycles. The van der Waals surface area contributed by atoms with E-state index in [-0.39, 0.29) is 5.60 Å². The summed E-state index contributed by atoms with van der Waals surface area (Å²) in [6.07, 6.45) is 3.36. The highest BCUT2D eigenvalue weighted by molar-refractivity contribution is 7.99. The van der Waals surface area contributed by atoms with E-state index in [1.807, 2.05) is 30.3 Å². The molecule has 0 aliphatic carbocycles. The van der Waals surface area contributed by atoms with Crippen molar-refractivity contribution in [1.82, 2.24) is 5.32 Å². The summed E-state index contributed by atoms with van der Waals surface area (Å²) in [5, 5.41) is 3.58. The quantitative estimate of drug-likeness (QED) is 0.672. The van der Waals surface area contributed by atoms with Crippen LogP contribution in [0, 0.1) is 0 Å². The minimum absolute atomic E-state index is 0.189. The molecule has 2 unspecified atom stereocenters. The SMILES string of the molecule is CCC(C)(Oc1cccc(Sc2ccc(N)c(N)c2)c1)C1CCCN1. The lowest BCUT2D eigenvalue weighted by Crippen LogP contribution is -2.49. The molecule has 0 amide bonds. The van der Waals surface area contributed by atoms with Gasteiger partial charge in [-0.1, -0.05) is 24.8 Å². The van der Waals surface area contributed by atoms with Crippen molar-refractivity contribution in [2.75, 3.05) is 18.0 Å². The molecule has 2 atom stereocenters. The van der Waals surface area contributed by atoms with Gasteiger partial charge in [0.15, 0.2) is 0 Å². The Labute approximate surface area is 154 Å². The molecule has 1 fully saturated rings. The fourth-order valence-corrected chi connectivity index (χ4v) is 4.13. The van der Waals surface area contributed by atoms with E-state index in [0.29, 0.717) is 17.4 Å². The first-order valence-corrected chi connectivity index (χ1v) is 9.67. The van der Waals surface area contributed by atoms with Gasteiger partial charge in [-0.15, -0.1) is 0 Å². The topological polar surface area (TPSA) is 73.3 Å². The number of ether oxygens (including phenoxy) is 1. The van der Waals surface area contributed by atoms with Crippen molar-refractivity contribution in [3.63, 3.8) is 0 Å². The molecule has 1 aliphatic rings. The van der Waals surface area contributed by atoms with Crippen molar-refractivity contribution >= 4 is 23.1 Å². The van der Waals surface area contributed by atoms with Crippen LogP contribution >= 0.6 is 11.8 Å². The number of nitrogen functional groups attached to an aromatic ring is 2. The normalized spacial score (nSPS) is 19.5. The Hall–Kier alpha value is -1.85. The standard InChI is InChI=1S/C20H27N3OS/c1-3-20(2,19-8-5-11-23-19)24-14-6-4-7-15(12-14)25-16-9-10-17(21)18(22)13-16/h4,6-7,9-10,12-13,19,23H,3,5,8,11,21-22H2,1-2H3. The molecule has 0 radical (unpaired) electrons. The zero-order valence-electron chi connectivity index (χ0n) is 14.9. The number of anilines is 2. The number of hydrogen-bond acceptors (Lipinski definition) is 5. The number of nitrogens with one attached hydrogen (secondary N) is 1. The maximum atomic E-state index is 6.44. The monoisotopic (exact) mass is 357 g/mol. The Bertz CT molecular complexity index is 731. The smallest absolute Gasteiger partial charge is 0.121 e. The maximum Gasteiger partial charge on any atom is 0.121 e. The predicted octanol–water partition coefficient (Wildman–Crippen LogP) is 4.30. The molecule has 25 heavy (non-hydrogen) atoms. The third-order valence-electron chi connectivity index (χ3n) is 4.95. The predicted molar refractivity (Wildman–Crippen MR) is 106 cm³/mol. The van der Waals surface area contributed by atoms with Crippen LogP contribution in [-0.4, -0.2) is 18.2 Å². The number of nitrogens with two attached hydrogens (primary N) is 2. The maximum absolute atomic E-state index is 6.44. The molecule has 4 nitrogen and oxygen atoms in total. The zero-order chi connectivity index (χ0) is 17.9. The van der Waals surface area contributed by atoms with Gasteiger partial charge in [-0.2, -0.15) is 0 Å². The Morgan fingerprint density at radius 1 is 1.16 bits per heavy atom. The first-order chi connectivity index (χ1) is 12.0. The van der Waals surface area contributed by atoms with Gasteiger partial charge in [-0.25, -0.2) is 0 Å². The molecule has 5 heteroatoms. The van der Waals surface area contributed by atoms with Gasteiger partial charge >= 0.3 is 0 Å². The van der Waals surface area contributed by atoms with E-state index < -0.39 is 0 Å². The highest BCUT2D eigenvalue weighted by Gasteiger charge is 2.36. The second-order valence-electron chi connectivity index (χ2n) is 6.78. The third-order valence-corrected chi connectivity index (χ3v) is 5.93. The van der Waals surface area contributed by atoms with E-state index in [9.17, 15) is 0 Å². The van der Waals surface area contributed by atoms with Crippen LogP contribution in [0.25, 0.3) is 0 Å². The van der Waals surface area contributed by atoms with Crippen LogP contribution in [0.15, 0.2) is 52.3 Å². The number of rotatable bonds is 6. The minimum atomic E-state index is -0.189. The van der Waals surface area contributed by atoms with Gasteiger partial charge in [0.1, 0.15) is 11.4 Å². The molecule has 1 aliphatic heterocycles. The van der Waals surface area contributed by atoms with Crippen LogP contribution in [0.4, 0.5) is 11.4 Å².